The van der Waals surface area contributed by atoms with Crippen LogP contribution >= 0.6 is 0 Å². The lowest BCUT2D eigenvalue weighted by molar-refractivity contribution is 0.792. The number of rotatable bonds is 3. The van der Waals surface area contributed by atoms with Crippen LogP contribution in [0.3, 0.4) is 0 Å². The molecule has 0 bridgehead atoms. The quantitative estimate of drug-likeness (QED) is 0.177. The van der Waals surface area contributed by atoms with E-state index in [0.29, 0.717) is 0 Å². The fourth-order valence-electron chi connectivity index (χ4n) is 9.84. The van der Waals surface area contributed by atoms with Crippen molar-refractivity contribution in [1.29, 1.82) is 0 Å². The van der Waals surface area contributed by atoms with E-state index in [1.165, 1.54) is 94.0 Å². The highest BCUT2D eigenvalue weighted by Crippen LogP contribution is 2.63. The Morgan fingerprint density at radius 2 is 0.906 bits per heavy atom. The maximum absolute atomic E-state index is 2.51. The highest BCUT2D eigenvalue weighted by Gasteiger charge is 2.51. The molecule has 0 radical (unpaired) electrons. The van der Waals surface area contributed by atoms with Crippen molar-refractivity contribution >= 4 is 32.7 Å². The molecule has 2 nitrogen and oxygen atoms in total. The zero-order valence-electron chi connectivity index (χ0n) is 28.9. The van der Waals surface area contributed by atoms with E-state index in [1.54, 1.807) is 0 Å². The molecule has 0 N–H and O–H groups in total. The van der Waals surface area contributed by atoms with Crippen molar-refractivity contribution in [1.82, 2.24) is 9.13 Å². The van der Waals surface area contributed by atoms with E-state index in [4.69, 9.17) is 0 Å². The number of para-hydroxylation sites is 1. The molecule has 1 spiro atoms. The van der Waals surface area contributed by atoms with Crippen molar-refractivity contribution in [2.75, 3.05) is 0 Å². The molecule has 0 saturated heterocycles. The Kier molecular flexibility index (Phi) is 5.73. The van der Waals surface area contributed by atoms with Crippen LogP contribution in [0.5, 0.6) is 0 Å². The molecule has 12 rings (SSSR count). The van der Waals surface area contributed by atoms with Crippen LogP contribution in [0.4, 0.5) is 0 Å². The molecular weight excluding hydrogens is 641 g/mol. The standard InChI is InChI=1S/C51H32N2/c1-2-12-33(13-3-1)34-22-24-35(25-23-34)52-31-30-43-48(52)29-28-42-41-17-7-11-21-49(41)53(50(42)43)36-26-27-40-39-16-6-10-20-46(39)51(47(40)32-36)44-18-8-4-14-37(44)38-15-5-9-19-45(38)51/h1-32H. The first-order chi connectivity index (χ1) is 26.3. The summed E-state index contributed by atoms with van der Waals surface area (Å²) in [5.74, 6) is 0. The Balaban J connectivity index is 1.11. The molecule has 0 amide bonds. The lowest BCUT2D eigenvalue weighted by Crippen LogP contribution is -2.26. The first kappa shape index (κ1) is 28.8. The van der Waals surface area contributed by atoms with E-state index in [1.807, 2.05) is 0 Å². The van der Waals surface area contributed by atoms with Crippen LogP contribution in [-0.4, -0.2) is 9.13 Å². The molecule has 2 heteroatoms. The predicted molar refractivity (Wildman–Crippen MR) is 219 cm³/mol. The molecule has 2 aliphatic rings. The second-order valence-corrected chi connectivity index (χ2v) is 14.5. The number of benzene rings is 8. The summed E-state index contributed by atoms with van der Waals surface area (Å²) in [6.07, 6.45) is 2.23. The molecule has 2 aromatic heterocycles. The molecule has 246 valence electrons. The summed E-state index contributed by atoms with van der Waals surface area (Å²) in [5.41, 5.74) is 18.8. The molecule has 53 heavy (non-hydrogen) atoms. The minimum atomic E-state index is -0.390. The van der Waals surface area contributed by atoms with Gasteiger partial charge in [-0.1, -0.05) is 146 Å². The zero-order chi connectivity index (χ0) is 34.7. The number of nitrogens with zero attached hydrogens (tertiary/aromatic N) is 2. The smallest absolute Gasteiger partial charge is 0.0726 e. The van der Waals surface area contributed by atoms with Gasteiger partial charge in [-0.25, -0.2) is 0 Å². The zero-order valence-corrected chi connectivity index (χ0v) is 28.9. The van der Waals surface area contributed by atoms with Gasteiger partial charge in [-0.05, 0) is 98.1 Å². The fourth-order valence-corrected chi connectivity index (χ4v) is 9.84. The monoisotopic (exact) mass is 672 g/mol. The largest absolute Gasteiger partial charge is 0.316 e. The number of fused-ring (bicyclic) bond motifs is 15. The molecular formula is C51H32N2. The van der Waals surface area contributed by atoms with Gasteiger partial charge >= 0.3 is 0 Å². The molecule has 0 atom stereocenters. The molecule has 0 saturated carbocycles. The number of hydrogen-bond acceptors (Lipinski definition) is 0. The second kappa shape index (κ2) is 10.6. The second-order valence-electron chi connectivity index (χ2n) is 14.5. The summed E-state index contributed by atoms with van der Waals surface area (Å²) in [4.78, 5) is 0. The average molecular weight is 673 g/mol. The van der Waals surface area contributed by atoms with Gasteiger partial charge in [0.15, 0.2) is 0 Å². The van der Waals surface area contributed by atoms with Crippen LogP contribution in [0.25, 0.3) is 77.5 Å². The van der Waals surface area contributed by atoms with Gasteiger partial charge in [-0.3, -0.25) is 0 Å². The highest BCUT2D eigenvalue weighted by atomic mass is 15.0. The third-order valence-corrected chi connectivity index (χ3v) is 12.0. The minimum absolute atomic E-state index is 0.390. The topological polar surface area (TPSA) is 9.86 Å². The molecule has 0 fully saturated rings. The Labute approximate surface area is 307 Å². The van der Waals surface area contributed by atoms with Crippen molar-refractivity contribution < 1.29 is 0 Å². The Bertz CT molecular complexity index is 3040. The van der Waals surface area contributed by atoms with Gasteiger partial charge in [0.05, 0.1) is 22.0 Å². The van der Waals surface area contributed by atoms with Gasteiger partial charge in [0.25, 0.3) is 0 Å². The molecule has 2 aliphatic carbocycles. The average Bonchev–Trinajstić information content (AvgIpc) is 3.97. The first-order valence-corrected chi connectivity index (χ1v) is 18.4. The van der Waals surface area contributed by atoms with E-state index in [9.17, 15) is 0 Å². The molecule has 0 unspecified atom stereocenters. The fraction of sp³-hybridized carbons (Fsp3) is 0.0196. The summed E-state index contributed by atoms with van der Waals surface area (Å²) in [7, 11) is 0. The molecule has 2 heterocycles. The number of hydrogen-bond donors (Lipinski definition) is 0. The summed E-state index contributed by atoms with van der Waals surface area (Å²) in [5, 5.41) is 3.76. The first-order valence-electron chi connectivity index (χ1n) is 18.4. The van der Waals surface area contributed by atoms with Crippen LogP contribution in [0.2, 0.25) is 0 Å². The highest BCUT2D eigenvalue weighted by molar-refractivity contribution is 6.18. The van der Waals surface area contributed by atoms with Crippen LogP contribution < -0.4 is 0 Å². The van der Waals surface area contributed by atoms with Crippen LogP contribution in [0, 0.1) is 0 Å². The van der Waals surface area contributed by atoms with E-state index in [0.717, 1.165) is 5.69 Å². The van der Waals surface area contributed by atoms with Crippen molar-refractivity contribution in [2.45, 2.75) is 5.41 Å². The normalized spacial score (nSPS) is 13.4. The van der Waals surface area contributed by atoms with Gasteiger partial charge in [0.1, 0.15) is 0 Å². The van der Waals surface area contributed by atoms with Gasteiger partial charge < -0.3 is 9.13 Å². The predicted octanol–water partition coefficient (Wildman–Crippen LogP) is 12.7. The van der Waals surface area contributed by atoms with E-state index < -0.39 is 5.41 Å². The lowest BCUT2D eigenvalue weighted by Gasteiger charge is -2.30. The van der Waals surface area contributed by atoms with Crippen LogP contribution in [-0.2, 0) is 5.41 Å². The molecule has 0 aliphatic heterocycles. The SMILES string of the molecule is c1ccc(-c2ccc(-n3ccc4c3ccc3c5ccccc5n(-c5ccc6c(c5)C5(c7ccccc7-c7ccccc75)c5ccccc5-6)c34)cc2)cc1. The maximum atomic E-state index is 2.51. The van der Waals surface area contributed by atoms with E-state index >= 15 is 0 Å². The Morgan fingerprint density at radius 3 is 1.60 bits per heavy atom. The van der Waals surface area contributed by atoms with E-state index in [2.05, 4.69) is 203 Å². The lowest BCUT2D eigenvalue weighted by atomic mass is 9.70. The van der Waals surface area contributed by atoms with Gasteiger partial charge in [-0.2, -0.15) is 0 Å². The van der Waals surface area contributed by atoms with Crippen molar-refractivity contribution in [3.05, 3.63) is 217 Å². The van der Waals surface area contributed by atoms with Gasteiger partial charge in [0.2, 0.25) is 0 Å². The van der Waals surface area contributed by atoms with Crippen molar-refractivity contribution in [3.8, 4) is 44.8 Å². The summed E-state index contributed by atoms with van der Waals surface area (Å²) in [6, 6.07) is 69.7. The van der Waals surface area contributed by atoms with Crippen molar-refractivity contribution in [2.24, 2.45) is 0 Å². The number of aromatic nitrogens is 2. The maximum Gasteiger partial charge on any atom is 0.0726 e. The van der Waals surface area contributed by atoms with Crippen LogP contribution in [0.15, 0.2) is 194 Å². The van der Waals surface area contributed by atoms with E-state index in [-0.39, 0.29) is 0 Å². The third-order valence-electron chi connectivity index (χ3n) is 12.0. The Hall–Kier alpha value is -6.90. The summed E-state index contributed by atoms with van der Waals surface area (Å²) >= 11 is 0. The van der Waals surface area contributed by atoms with Crippen LogP contribution in [0.1, 0.15) is 22.3 Å². The molecule has 8 aromatic carbocycles. The third kappa shape index (κ3) is 3.72. The Morgan fingerprint density at radius 1 is 0.340 bits per heavy atom. The van der Waals surface area contributed by atoms with Gasteiger partial charge in [-0.15, -0.1) is 0 Å². The van der Waals surface area contributed by atoms with Crippen molar-refractivity contribution in [3.63, 3.8) is 0 Å². The van der Waals surface area contributed by atoms with Gasteiger partial charge in [0, 0.05) is 33.7 Å². The minimum Gasteiger partial charge on any atom is -0.316 e. The summed E-state index contributed by atoms with van der Waals surface area (Å²) in [6.45, 7) is 0. The molecule has 10 aromatic rings. The summed E-state index contributed by atoms with van der Waals surface area (Å²) < 4.78 is 4.84.